The summed E-state index contributed by atoms with van der Waals surface area (Å²) in [7, 11) is -8.22. The van der Waals surface area contributed by atoms with E-state index >= 15 is 13.2 Å². The number of rotatable bonds is 11. The number of amides is 1. The van der Waals surface area contributed by atoms with Crippen LogP contribution in [0.4, 0.5) is 54.1 Å². The Morgan fingerprint density at radius 2 is 1.62 bits per heavy atom. The van der Waals surface area contributed by atoms with E-state index in [9.17, 15) is 56.8 Å². The van der Waals surface area contributed by atoms with Crippen LogP contribution < -0.4 is 10.0 Å². The van der Waals surface area contributed by atoms with Gasteiger partial charge >= 0.3 is 12.4 Å². The summed E-state index contributed by atoms with van der Waals surface area (Å²) in [5.74, 6) is -5.62. The second kappa shape index (κ2) is 16.3. The number of carbonyl (C=O) groups excluding carboxylic acids is 1. The van der Waals surface area contributed by atoms with Crippen molar-refractivity contribution in [1.29, 1.82) is 0 Å². The van der Waals surface area contributed by atoms with Crippen LogP contribution in [-0.4, -0.2) is 76.9 Å². The number of fused-ring (bicyclic) bond motifs is 5. The zero-order valence-electron chi connectivity index (χ0n) is 35.6. The molecule has 3 aromatic heterocycles. The van der Waals surface area contributed by atoms with Gasteiger partial charge in [0, 0.05) is 47.8 Å². The first-order valence-electron chi connectivity index (χ1n) is 20.2. The summed E-state index contributed by atoms with van der Waals surface area (Å²) in [5.41, 5.74) is -5.76. The molecule has 26 heteroatoms. The average Bonchev–Trinajstić information content (AvgIpc) is 3.43. The monoisotopic (exact) mass is 1030 g/mol. The third-order valence-corrected chi connectivity index (χ3v) is 14.8. The van der Waals surface area contributed by atoms with Crippen molar-refractivity contribution in [2.45, 2.75) is 93.8 Å². The second-order valence-corrected chi connectivity index (χ2v) is 22.2. The Balaban J connectivity index is 1.41. The molecule has 0 saturated heterocycles. The maximum atomic E-state index is 15.9. The standard InChI is InChI=1S/C42H35ClF11N7O5S2/c1-39(2,67(3,63)64)8-7-28-23-13-21(46)14-24(23)31(22-5-6-27(43)33-35(22)61(17-40(47,48)49)58-38(33)59-68(4,65)66)34(56-28)29(11-18-9-19(44)12-20(45)10-18)55-30(62)16-60-37-32(36(57-60)42(52,53)54)25-15-26(25)41(37,50)51/h5-6,9-10,12,21,25-26,29H,11,13-17H2,1-4H3,(H,55,62)(H,58,59)/t21-,25?,26+,29-/m0/s1. The molecule has 3 aliphatic rings. The molecule has 1 saturated carbocycles. The van der Waals surface area contributed by atoms with Gasteiger partial charge in [0.1, 0.15) is 47.0 Å². The summed E-state index contributed by atoms with van der Waals surface area (Å²) < 4.78 is 213. The van der Waals surface area contributed by atoms with Gasteiger partial charge < -0.3 is 5.32 Å². The first-order valence-corrected chi connectivity index (χ1v) is 24.4. The smallest absolute Gasteiger partial charge is 0.346 e. The van der Waals surface area contributed by atoms with Crippen LogP contribution in [0.5, 0.6) is 0 Å². The van der Waals surface area contributed by atoms with Crippen molar-refractivity contribution in [3.63, 3.8) is 0 Å². The summed E-state index contributed by atoms with van der Waals surface area (Å²) in [6.45, 7) is -0.719. The van der Waals surface area contributed by atoms with E-state index in [4.69, 9.17) is 11.6 Å². The van der Waals surface area contributed by atoms with Gasteiger partial charge in [-0.1, -0.05) is 23.6 Å². The van der Waals surface area contributed by atoms with Gasteiger partial charge in [0.15, 0.2) is 21.3 Å². The quantitative estimate of drug-likeness (QED) is 0.0993. The zero-order chi connectivity index (χ0) is 50.0. The van der Waals surface area contributed by atoms with Gasteiger partial charge in [0.2, 0.25) is 15.9 Å². The number of sulfone groups is 1. The van der Waals surface area contributed by atoms with Gasteiger partial charge in [-0.2, -0.15) is 45.3 Å². The van der Waals surface area contributed by atoms with Gasteiger partial charge in [-0.25, -0.2) is 35.0 Å². The van der Waals surface area contributed by atoms with Crippen LogP contribution in [0.25, 0.3) is 22.0 Å². The zero-order valence-corrected chi connectivity index (χ0v) is 38.0. The lowest BCUT2D eigenvalue weighted by Crippen LogP contribution is -2.35. The summed E-state index contributed by atoms with van der Waals surface area (Å²) in [6.07, 6.45) is -12.5. The van der Waals surface area contributed by atoms with Gasteiger partial charge in [0.05, 0.1) is 33.9 Å². The number of carbonyl (C=O) groups is 1. The Bertz CT molecular complexity index is 3230. The molecule has 2 aromatic carbocycles. The number of sulfonamides is 1. The molecular formula is C42H35ClF11N7O5S2. The van der Waals surface area contributed by atoms with Crippen LogP contribution in [0.1, 0.15) is 77.3 Å². The molecule has 1 unspecified atom stereocenters. The van der Waals surface area contributed by atoms with E-state index in [-0.39, 0.29) is 49.6 Å². The number of nitrogens with zero attached hydrogens (tertiary/aromatic N) is 5. The number of alkyl halides is 9. The molecule has 364 valence electrons. The van der Waals surface area contributed by atoms with Crippen LogP contribution in [0.2, 0.25) is 5.02 Å². The number of anilines is 1. The van der Waals surface area contributed by atoms with Crippen LogP contribution in [0.15, 0.2) is 30.3 Å². The molecule has 1 fully saturated rings. The van der Waals surface area contributed by atoms with E-state index in [0.29, 0.717) is 17.0 Å². The van der Waals surface area contributed by atoms with Crippen LogP contribution in [-0.2, 0) is 69.1 Å². The second-order valence-electron chi connectivity index (χ2n) is 17.5. The molecule has 3 aliphatic carbocycles. The van der Waals surface area contributed by atoms with E-state index in [1.807, 2.05) is 4.72 Å². The lowest BCUT2D eigenvalue weighted by molar-refractivity contribution is -0.142. The summed E-state index contributed by atoms with van der Waals surface area (Å²) in [6, 6.07) is 2.57. The molecule has 4 atom stereocenters. The highest BCUT2D eigenvalue weighted by Gasteiger charge is 2.68. The fraction of sp³-hybridized carbons (Fsp3) is 0.429. The Labute approximate surface area is 384 Å². The lowest BCUT2D eigenvalue weighted by atomic mass is 9.88. The highest BCUT2D eigenvalue weighted by molar-refractivity contribution is 7.92. The third-order valence-electron chi connectivity index (χ3n) is 11.9. The highest BCUT2D eigenvalue weighted by atomic mass is 35.5. The average molecular weight is 1030 g/mol. The van der Waals surface area contributed by atoms with E-state index in [1.54, 1.807) is 0 Å². The minimum atomic E-state index is -5.22. The SMILES string of the molecule is CC(C)(C#Cc1nc([C@H](Cc2cc(F)cc(F)c2)NC(=O)Cn2nc(C(F)(F)F)c3c2C(F)(F)[C@@H]2CC32)c(-c2ccc(Cl)c3c(NS(C)(=O)=O)nn(CC(F)(F)F)c23)c2c1C[C@H](F)C2)S(C)(=O)=O. The van der Waals surface area contributed by atoms with Gasteiger partial charge in [-0.3, -0.25) is 18.9 Å². The number of pyridine rings is 1. The first kappa shape index (κ1) is 49.0. The molecule has 0 spiro atoms. The molecule has 8 rings (SSSR count). The van der Waals surface area contributed by atoms with Crippen LogP contribution in [0.3, 0.4) is 0 Å². The maximum Gasteiger partial charge on any atom is 0.435 e. The molecule has 0 bridgehead atoms. The lowest BCUT2D eigenvalue weighted by Gasteiger charge is -2.25. The fourth-order valence-corrected chi connectivity index (χ4v) is 9.75. The number of aromatic nitrogens is 5. The molecule has 5 aromatic rings. The molecule has 0 radical (unpaired) electrons. The largest absolute Gasteiger partial charge is 0.435 e. The Morgan fingerprint density at radius 3 is 2.22 bits per heavy atom. The first-order chi connectivity index (χ1) is 31.2. The molecule has 0 aliphatic heterocycles. The predicted molar refractivity (Wildman–Crippen MR) is 224 cm³/mol. The predicted octanol–water partition coefficient (Wildman–Crippen LogP) is 8.10. The number of hydrogen-bond acceptors (Lipinski definition) is 8. The van der Waals surface area contributed by atoms with E-state index in [0.717, 1.165) is 30.5 Å². The van der Waals surface area contributed by atoms with Gasteiger partial charge in [-0.15, -0.1) is 0 Å². The fourth-order valence-electron chi connectivity index (χ4n) is 8.77. The van der Waals surface area contributed by atoms with E-state index in [1.165, 1.54) is 13.8 Å². The summed E-state index contributed by atoms with van der Waals surface area (Å²) in [5, 5.41) is 8.96. The summed E-state index contributed by atoms with van der Waals surface area (Å²) in [4.78, 5) is 18.9. The Hall–Kier alpha value is -5.48. The minimum absolute atomic E-state index is 0.00183. The maximum absolute atomic E-state index is 15.9. The van der Waals surface area contributed by atoms with Crippen molar-refractivity contribution in [2.75, 3.05) is 17.2 Å². The van der Waals surface area contributed by atoms with Crippen molar-refractivity contribution >= 4 is 54.1 Å². The van der Waals surface area contributed by atoms with Crippen molar-refractivity contribution in [2.24, 2.45) is 5.92 Å². The molecule has 68 heavy (non-hydrogen) atoms. The molecule has 2 N–H and O–H groups in total. The molecule has 3 heterocycles. The van der Waals surface area contributed by atoms with Crippen molar-refractivity contribution < 1.29 is 69.9 Å². The number of nitrogens with one attached hydrogen (secondary N) is 2. The molecule has 1 amide bonds. The van der Waals surface area contributed by atoms with Crippen LogP contribution >= 0.6 is 11.6 Å². The Kier molecular flexibility index (Phi) is 11.7. The van der Waals surface area contributed by atoms with Crippen molar-refractivity contribution in [3.8, 4) is 23.0 Å². The molecule has 12 nitrogen and oxygen atoms in total. The number of benzene rings is 2. The Morgan fingerprint density at radius 1 is 0.971 bits per heavy atom. The topological polar surface area (TPSA) is 158 Å². The van der Waals surface area contributed by atoms with E-state index < -0.39 is 156 Å². The molecular weight excluding hydrogens is 991 g/mol. The van der Waals surface area contributed by atoms with Crippen LogP contribution in [0, 0.1) is 29.4 Å². The highest BCUT2D eigenvalue weighted by Crippen LogP contribution is 2.68. The van der Waals surface area contributed by atoms with Crippen molar-refractivity contribution in [3.05, 3.63) is 92.0 Å². The minimum Gasteiger partial charge on any atom is -0.346 e. The summed E-state index contributed by atoms with van der Waals surface area (Å²) >= 11 is 6.54. The van der Waals surface area contributed by atoms with Gasteiger partial charge in [0.25, 0.3) is 5.92 Å². The third kappa shape index (κ3) is 9.22. The normalized spacial score (nSPS) is 19.3. The number of halogens is 12. The van der Waals surface area contributed by atoms with Crippen molar-refractivity contribution in [1.82, 2.24) is 29.9 Å². The van der Waals surface area contributed by atoms with E-state index in [2.05, 4.69) is 32.3 Å². The number of hydrogen-bond donors (Lipinski definition) is 2. The van der Waals surface area contributed by atoms with Gasteiger partial charge in [-0.05, 0) is 73.4 Å².